The largest absolute Gasteiger partial charge is 0.375 e. The molecule has 1 unspecified atom stereocenters. The number of likely N-dealkylation sites (tertiary alicyclic amines) is 1. The van der Waals surface area contributed by atoms with Crippen LogP contribution in [0, 0.1) is 0 Å². The summed E-state index contributed by atoms with van der Waals surface area (Å²) in [5, 5.41) is 0. The van der Waals surface area contributed by atoms with Crippen molar-refractivity contribution in [3.05, 3.63) is 35.9 Å². The fourth-order valence-corrected chi connectivity index (χ4v) is 5.19. The van der Waals surface area contributed by atoms with Crippen molar-refractivity contribution in [2.75, 3.05) is 19.7 Å². The second kappa shape index (κ2) is 9.26. The molecule has 0 spiro atoms. The Kier molecular flexibility index (Phi) is 6.50. The molecule has 2 amide bonds. The first kappa shape index (κ1) is 20.4. The Balaban J connectivity index is 1.16. The first-order valence-electron chi connectivity index (χ1n) is 10.9. The van der Waals surface area contributed by atoms with Gasteiger partial charge in [-0.2, -0.15) is 0 Å². The van der Waals surface area contributed by atoms with E-state index in [0.717, 1.165) is 57.2 Å². The minimum atomic E-state index is 0.0622. The lowest BCUT2D eigenvalue weighted by atomic mass is 9.98. The average molecular weight is 401 g/mol. The number of hydrogen-bond acceptors (Lipinski definition) is 4. The fraction of sp³-hybridized carbons (Fsp3) is 0.652. The molecule has 0 radical (unpaired) electrons. The molecular formula is C23H32N2O4. The van der Waals surface area contributed by atoms with E-state index >= 15 is 0 Å². The Morgan fingerprint density at radius 1 is 0.966 bits per heavy atom. The number of rotatable bonds is 6. The van der Waals surface area contributed by atoms with Crippen LogP contribution in [0.5, 0.6) is 0 Å². The van der Waals surface area contributed by atoms with Gasteiger partial charge in [-0.15, -0.1) is 0 Å². The lowest BCUT2D eigenvalue weighted by Gasteiger charge is -2.41. The zero-order chi connectivity index (χ0) is 20.2. The molecule has 3 atom stereocenters. The van der Waals surface area contributed by atoms with E-state index in [1.165, 1.54) is 0 Å². The summed E-state index contributed by atoms with van der Waals surface area (Å²) >= 11 is 0. The maximum atomic E-state index is 12.4. The zero-order valence-electron chi connectivity index (χ0n) is 17.3. The number of piperidine rings is 2. The zero-order valence-corrected chi connectivity index (χ0v) is 17.3. The summed E-state index contributed by atoms with van der Waals surface area (Å²) in [5.41, 5.74) is 1.08. The van der Waals surface area contributed by atoms with Crippen LogP contribution in [-0.4, -0.2) is 65.6 Å². The smallest absolute Gasteiger partial charge is 0.248 e. The van der Waals surface area contributed by atoms with Gasteiger partial charge < -0.3 is 19.3 Å². The standard InChI is InChI=1S/C23H32N2O4/c1-17(26)25-19-7-8-20(25)14-22(13-19)29-21-9-11-24(12-10-21)23(27)16-28-15-18-5-3-2-4-6-18/h2-6,19-22H,7-16H2,1H3/t19-,20+,22?. The van der Waals surface area contributed by atoms with E-state index in [4.69, 9.17) is 9.47 Å². The molecule has 158 valence electrons. The van der Waals surface area contributed by atoms with Gasteiger partial charge in [-0.1, -0.05) is 30.3 Å². The molecule has 29 heavy (non-hydrogen) atoms. The minimum Gasteiger partial charge on any atom is -0.375 e. The third-order valence-corrected chi connectivity index (χ3v) is 6.57. The molecule has 0 aromatic heterocycles. The molecule has 1 aromatic carbocycles. The van der Waals surface area contributed by atoms with Crippen LogP contribution in [0.1, 0.15) is 51.0 Å². The highest BCUT2D eigenvalue weighted by atomic mass is 16.5. The summed E-state index contributed by atoms with van der Waals surface area (Å²) in [6, 6.07) is 10.6. The van der Waals surface area contributed by atoms with Crippen LogP contribution < -0.4 is 0 Å². The van der Waals surface area contributed by atoms with Crippen molar-refractivity contribution in [2.45, 2.75) is 76.3 Å². The van der Waals surface area contributed by atoms with Crippen molar-refractivity contribution in [1.29, 1.82) is 0 Å². The molecule has 4 rings (SSSR count). The van der Waals surface area contributed by atoms with E-state index in [1.54, 1.807) is 6.92 Å². The first-order chi connectivity index (χ1) is 14.1. The first-order valence-corrected chi connectivity index (χ1v) is 10.9. The molecular weight excluding hydrogens is 368 g/mol. The number of amides is 2. The molecule has 6 heteroatoms. The third kappa shape index (κ3) is 4.98. The van der Waals surface area contributed by atoms with Crippen LogP contribution in [0.2, 0.25) is 0 Å². The van der Waals surface area contributed by atoms with E-state index in [9.17, 15) is 9.59 Å². The molecule has 1 aromatic rings. The monoisotopic (exact) mass is 400 g/mol. The molecule has 2 bridgehead atoms. The number of ether oxygens (including phenoxy) is 2. The van der Waals surface area contributed by atoms with Crippen LogP contribution in [0.3, 0.4) is 0 Å². The predicted octanol–water partition coefficient (Wildman–Crippen LogP) is 2.75. The molecule has 3 saturated heterocycles. The molecule has 0 aliphatic carbocycles. The van der Waals surface area contributed by atoms with Crippen molar-refractivity contribution < 1.29 is 19.1 Å². The Morgan fingerprint density at radius 2 is 1.62 bits per heavy atom. The van der Waals surface area contributed by atoms with Gasteiger partial charge in [-0.3, -0.25) is 9.59 Å². The van der Waals surface area contributed by atoms with Crippen molar-refractivity contribution in [3.63, 3.8) is 0 Å². The van der Waals surface area contributed by atoms with Crippen molar-refractivity contribution >= 4 is 11.8 Å². The third-order valence-electron chi connectivity index (χ3n) is 6.57. The number of carbonyl (C=O) groups excluding carboxylic acids is 2. The lowest BCUT2D eigenvalue weighted by molar-refractivity contribution is -0.142. The topological polar surface area (TPSA) is 59.1 Å². The van der Waals surface area contributed by atoms with Crippen LogP contribution in [0.25, 0.3) is 0 Å². The highest BCUT2D eigenvalue weighted by Crippen LogP contribution is 2.37. The second-order valence-corrected chi connectivity index (χ2v) is 8.60. The van der Waals surface area contributed by atoms with Gasteiger partial charge in [0.1, 0.15) is 6.61 Å². The summed E-state index contributed by atoms with van der Waals surface area (Å²) in [6.07, 6.45) is 6.38. The van der Waals surface area contributed by atoms with Gasteiger partial charge in [0.25, 0.3) is 0 Å². The molecule has 3 heterocycles. The molecule has 3 aliphatic heterocycles. The van der Waals surface area contributed by atoms with Crippen molar-refractivity contribution in [1.82, 2.24) is 9.80 Å². The van der Waals surface area contributed by atoms with Gasteiger partial charge in [0.2, 0.25) is 11.8 Å². The van der Waals surface area contributed by atoms with Gasteiger partial charge in [0.15, 0.2) is 0 Å². The minimum absolute atomic E-state index is 0.0622. The van der Waals surface area contributed by atoms with E-state index in [2.05, 4.69) is 4.90 Å². The number of carbonyl (C=O) groups is 2. The fourth-order valence-electron chi connectivity index (χ4n) is 5.19. The summed E-state index contributed by atoms with van der Waals surface area (Å²) in [5.74, 6) is 0.268. The van der Waals surface area contributed by atoms with Crippen molar-refractivity contribution in [3.8, 4) is 0 Å². The maximum Gasteiger partial charge on any atom is 0.248 e. The van der Waals surface area contributed by atoms with E-state index in [0.29, 0.717) is 18.7 Å². The van der Waals surface area contributed by atoms with Crippen LogP contribution in [-0.2, 0) is 25.7 Å². The molecule has 3 aliphatic rings. The molecule has 6 nitrogen and oxygen atoms in total. The van der Waals surface area contributed by atoms with Gasteiger partial charge in [-0.05, 0) is 44.1 Å². The van der Waals surface area contributed by atoms with E-state index in [1.807, 2.05) is 35.2 Å². The Morgan fingerprint density at radius 3 is 2.24 bits per heavy atom. The highest BCUT2D eigenvalue weighted by Gasteiger charge is 2.43. The Labute approximate surface area is 173 Å². The number of benzene rings is 1. The second-order valence-electron chi connectivity index (χ2n) is 8.60. The Hall–Kier alpha value is -1.92. The van der Waals surface area contributed by atoms with Crippen LogP contribution in [0.4, 0.5) is 0 Å². The summed E-state index contributed by atoms with van der Waals surface area (Å²) in [4.78, 5) is 28.2. The van der Waals surface area contributed by atoms with Gasteiger partial charge in [0, 0.05) is 32.1 Å². The van der Waals surface area contributed by atoms with E-state index < -0.39 is 0 Å². The molecule has 3 fully saturated rings. The SMILES string of the molecule is CC(=O)N1[C@@H]2CC[C@H]1CC(OC1CCN(C(=O)COCc3ccccc3)CC1)C2. The maximum absolute atomic E-state index is 12.4. The average Bonchev–Trinajstić information content (AvgIpc) is 3.00. The number of fused-ring (bicyclic) bond motifs is 2. The van der Waals surface area contributed by atoms with Gasteiger partial charge >= 0.3 is 0 Å². The van der Waals surface area contributed by atoms with Crippen LogP contribution in [0.15, 0.2) is 30.3 Å². The molecule has 0 N–H and O–H groups in total. The van der Waals surface area contributed by atoms with Crippen LogP contribution >= 0.6 is 0 Å². The predicted molar refractivity (Wildman–Crippen MR) is 109 cm³/mol. The number of nitrogens with zero attached hydrogens (tertiary/aromatic N) is 2. The highest BCUT2D eigenvalue weighted by molar-refractivity contribution is 5.77. The number of hydrogen-bond donors (Lipinski definition) is 0. The van der Waals surface area contributed by atoms with E-state index in [-0.39, 0.29) is 30.6 Å². The summed E-state index contributed by atoms with van der Waals surface area (Å²) < 4.78 is 12.0. The Bertz CT molecular complexity index is 688. The quantitative estimate of drug-likeness (QED) is 0.737. The summed E-state index contributed by atoms with van der Waals surface area (Å²) in [6.45, 7) is 3.75. The normalized spacial score (nSPS) is 27.3. The summed E-state index contributed by atoms with van der Waals surface area (Å²) in [7, 11) is 0. The molecule has 0 saturated carbocycles. The van der Waals surface area contributed by atoms with Gasteiger partial charge in [0.05, 0.1) is 18.8 Å². The van der Waals surface area contributed by atoms with Crippen molar-refractivity contribution in [2.24, 2.45) is 0 Å². The van der Waals surface area contributed by atoms with Gasteiger partial charge in [-0.25, -0.2) is 0 Å². The lowest BCUT2D eigenvalue weighted by Crippen LogP contribution is -2.49.